The van der Waals surface area contributed by atoms with Crippen molar-refractivity contribution >= 4 is 55.5 Å². The molecule has 0 saturated heterocycles. The first-order chi connectivity index (χ1) is 22.7. The van der Waals surface area contributed by atoms with Gasteiger partial charge in [0.05, 0.1) is 0 Å². The number of rotatable bonds is 8. The van der Waals surface area contributed by atoms with Crippen LogP contribution in [0.4, 0.5) is 0 Å². The Kier molecular flexibility index (Phi) is 12.6. The molecule has 0 amide bonds. The van der Waals surface area contributed by atoms with Crippen LogP contribution >= 0.6 is 23.1 Å². The molecule has 0 saturated carbocycles. The zero-order chi connectivity index (χ0) is 35.0. The Labute approximate surface area is 316 Å². The third-order valence-corrected chi connectivity index (χ3v) is 13.6. The van der Waals surface area contributed by atoms with Gasteiger partial charge in [0, 0.05) is 80.8 Å². The minimum absolute atomic E-state index is 0. The van der Waals surface area contributed by atoms with Gasteiger partial charge in [-0.2, -0.15) is 0 Å². The van der Waals surface area contributed by atoms with Crippen LogP contribution in [-0.2, 0) is 43.2 Å². The number of fused-ring (bicyclic) bond motifs is 6. The van der Waals surface area contributed by atoms with E-state index >= 15 is 0 Å². The SMILES string of the molecule is CC1Cc2ccc3sc4c(c3c2S1)C(c1[c-]c2ccccc2c(C(C)(C)C)c1)=NCC4.CCC(C)(CC)C(=O)/C=C(\O)C(C)(CC)CC.[Ir]. The Hall–Kier alpha value is -2.24. The molecule has 0 aliphatic carbocycles. The second kappa shape index (κ2) is 15.6. The van der Waals surface area contributed by atoms with Gasteiger partial charge in [-0.15, -0.1) is 52.2 Å². The van der Waals surface area contributed by atoms with E-state index in [9.17, 15) is 9.90 Å². The fourth-order valence-electron chi connectivity index (χ4n) is 6.76. The van der Waals surface area contributed by atoms with Crippen LogP contribution in [0.3, 0.4) is 0 Å². The van der Waals surface area contributed by atoms with Crippen LogP contribution in [0.5, 0.6) is 0 Å². The standard InChI is InChI=1S/C28H26NS2.C15H28O2.Ir/c1-16-13-18-9-10-22-25(27(18)30-16)24-23(31-22)11-12-29-26(24)19-14-17-7-5-6-8-20(17)21(15-19)28(2,3)4;1-7-14(5,8-2)12(16)11-13(17)15(6,9-3)10-4;/h5-10,15-16H,11-13H2,1-4H3;11,16H,7-10H2,1-6H3;/q-1;;/b;12-11-;. The number of allylic oxidation sites excluding steroid dienone is 2. The Balaban J connectivity index is 0.000000260. The average Bonchev–Trinajstić information content (AvgIpc) is 3.66. The topological polar surface area (TPSA) is 49.7 Å². The van der Waals surface area contributed by atoms with Crippen LogP contribution in [0.15, 0.2) is 64.2 Å². The van der Waals surface area contributed by atoms with Gasteiger partial charge in [0.25, 0.3) is 0 Å². The third kappa shape index (κ3) is 7.83. The Morgan fingerprint density at radius 3 is 2.27 bits per heavy atom. The van der Waals surface area contributed by atoms with E-state index in [1.807, 2.05) is 64.6 Å². The molecule has 0 bridgehead atoms. The number of benzene rings is 3. The normalized spacial score (nSPS) is 16.4. The third-order valence-electron chi connectivity index (χ3n) is 11.1. The largest absolute Gasteiger partial charge is 0.512 e. The molecule has 1 radical (unpaired) electrons. The van der Waals surface area contributed by atoms with Gasteiger partial charge in [-0.05, 0) is 54.7 Å². The van der Waals surface area contributed by atoms with Gasteiger partial charge in [-0.3, -0.25) is 4.79 Å². The number of aliphatic hydroxyl groups is 1. The van der Waals surface area contributed by atoms with Crippen LogP contribution in [-0.4, -0.2) is 28.4 Å². The summed E-state index contributed by atoms with van der Waals surface area (Å²) >= 11 is 4.02. The Morgan fingerprint density at radius 2 is 1.63 bits per heavy atom. The molecule has 3 heterocycles. The summed E-state index contributed by atoms with van der Waals surface area (Å²) in [6.07, 6.45) is 6.97. The van der Waals surface area contributed by atoms with E-state index in [0.29, 0.717) is 5.25 Å². The van der Waals surface area contributed by atoms with Gasteiger partial charge < -0.3 is 10.1 Å². The summed E-state index contributed by atoms with van der Waals surface area (Å²) in [5, 5.41) is 14.7. The second-order valence-electron chi connectivity index (χ2n) is 15.3. The zero-order valence-corrected chi connectivity index (χ0v) is 35.1. The molecule has 4 aromatic rings. The van der Waals surface area contributed by atoms with E-state index in [1.54, 1.807) is 0 Å². The fraction of sp³-hybridized carbons (Fsp3) is 0.488. The van der Waals surface area contributed by atoms with Crippen molar-refractivity contribution in [1.82, 2.24) is 0 Å². The maximum atomic E-state index is 12.2. The van der Waals surface area contributed by atoms with E-state index in [2.05, 4.69) is 76.2 Å². The number of aliphatic imine (C=N–C) groups is 1. The Bertz CT molecular complexity index is 1890. The smallest absolute Gasteiger partial charge is 0.164 e. The van der Waals surface area contributed by atoms with Crippen molar-refractivity contribution in [3.63, 3.8) is 0 Å². The molecule has 2 aliphatic rings. The van der Waals surface area contributed by atoms with Crippen LogP contribution < -0.4 is 0 Å². The van der Waals surface area contributed by atoms with Crippen molar-refractivity contribution < 1.29 is 30.0 Å². The number of thioether (sulfide) groups is 1. The maximum Gasteiger partial charge on any atom is 0.164 e. The summed E-state index contributed by atoms with van der Waals surface area (Å²) in [6, 6.07) is 19.5. The molecule has 6 heteroatoms. The number of nitrogens with zero attached hydrogens (tertiary/aromatic N) is 1. The average molecular weight is 873 g/mol. The summed E-state index contributed by atoms with van der Waals surface area (Å²) in [7, 11) is 0. The molecule has 3 nitrogen and oxygen atoms in total. The van der Waals surface area contributed by atoms with Crippen LogP contribution in [0, 0.1) is 16.9 Å². The Morgan fingerprint density at radius 1 is 0.980 bits per heavy atom. The molecule has 1 atom stereocenters. The predicted octanol–water partition coefficient (Wildman–Crippen LogP) is 12.2. The van der Waals surface area contributed by atoms with E-state index in [0.717, 1.165) is 49.9 Å². The molecule has 3 aromatic carbocycles. The monoisotopic (exact) mass is 873 g/mol. The molecule has 49 heavy (non-hydrogen) atoms. The van der Waals surface area contributed by atoms with Gasteiger partial charge in [0.2, 0.25) is 0 Å². The molecular formula is C43H54IrNO2S2-. The molecule has 0 spiro atoms. The van der Waals surface area contributed by atoms with Gasteiger partial charge in [-0.25, -0.2) is 0 Å². The summed E-state index contributed by atoms with van der Waals surface area (Å²) in [5.41, 5.74) is 6.03. The molecule has 2 aliphatic heterocycles. The van der Waals surface area contributed by atoms with Crippen molar-refractivity contribution in [2.45, 2.75) is 123 Å². The van der Waals surface area contributed by atoms with Crippen LogP contribution in [0.1, 0.15) is 122 Å². The maximum absolute atomic E-state index is 12.2. The first-order valence-electron chi connectivity index (χ1n) is 17.9. The van der Waals surface area contributed by atoms with Gasteiger partial charge in [0.1, 0.15) is 5.76 Å². The van der Waals surface area contributed by atoms with Gasteiger partial charge >= 0.3 is 0 Å². The predicted molar refractivity (Wildman–Crippen MR) is 210 cm³/mol. The van der Waals surface area contributed by atoms with E-state index in [4.69, 9.17) is 4.99 Å². The molecule has 1 N–H and O–H groups in total. The minimum atomic E-state index is -0.337. The molecule has 265 valence electrons. The summed E-state index contributed by atoms with van der Waals surface area (Å²) in [5.74, 6) is 0.286. The number of hydrogen-bond donors (Lipinski definition) is 1. The molecule has 1 unspecified atom stereocenters. The van der Waals surface area contributed by atoms with Crippen molar-refractivity contribution in [2.75, 3.05) is 6.54 Å². The molecule has 0 fully saturated rings. The zero-order valence-electron chi connectivity index (χ0n) is 31.1. The quantitative estimate of drug-likeness (QED) is 0.109. The summed E-state index contributed by atoms with van der Waals surface area (Å²) < 4.78 is 1.41. The molecule has 1 aromatic heterocycles. The molecule has 6 rings (SSSR count). The number of carbonyl (C=O) groups is 1. The first-order valence-corrected chi connectivity index (χ1v) is 19.6. The fourth-order valence-corrected chi connectivity index (χ4v) is 9.32. The minimum Gasteiger partial charge on any atom is -0.512 e. The molecular weight excluding hydrogens is 819 g/mol. The van der Waals surface area contributed by atoms with Crippen molar-refractivity contribution in [3.8, 4) is 0 Å². The number of hydrogen-bond acceptors (Lipinski definition) is 5. The van der Waals surface area contributed by atoms with Gasteiger partial charge in [-0.1, -0.05) is 104 Å². The van der Waals surface area contributed by atoms with Crippen molar-refractivity contribution in [3.05, 3.63) is 87.5 Å². The number of ketones is 1. The summed E-state index contributed by atoms with van der Waals surface area (Å²) in [4.78, 5) is 20.3. The van der Waals surface area contributed by atoms with Crippen molar-refractivity contribution in [2.24, 2.45) is 15.8 Å². The summed E-state index contributed by atoms with van der Waals surface area (Å²) in [6.45, 7) is 22.2. The van der Waals surface area contributed by atoms with E-state index < -0.39 is 0 Å². The van der Waals surface area contributed by atoms with Gasteiger partial charge in [0.15, 0.2) is 5.78 Å². The van der Waals surface area contributed by atoms with E-state index in [1.165, 1.54) is 59.8 Å². The number of thiophene rings is 1. The first kappa shape index (κ1) is 39.5. The second-order valence-corrected chi connectivity index (χ2v) is 17.8. The van der Waals surface area contributed by atoms with Crippen LogP contribution in [0.2, 0.25) is 0 Å². The van der Waals surface area contributed by atoms with Crippen LogP contribution in [0.25, 0.3) is 20.9 Å². The van der Waals surface area contributed by atoms with E-state index in [-0.39, 0.29) is 47.9 Å². The van der Waals surface area contributed by atoms with Crippen molar-refractivity contribution in [1.29, 1.82) is 0 Å². The number of carbonyl (C=O) groups excluding carboxylic acids is 1. The number of aliphatic hydroxyl groups excluding tert-OH is 1.